The molecule has 0 unspecified atom stereocenters. The molecule has 2 aromatic rings. The first-order chi connectivity index (χ1) is 6.86. The second-order valence-corrected chi connectivity index (χ2v) is 3.44. The molecule has 0 saturated heterocycles. The number of hydrogen-bond donors (Lipinski definition) is 1. The molecule has 72 valence electrons. The molecule has 0 saturated carbocycles. The molecular formula is C8H7N3O2S. The third-order valence-corrected chi connectivity index (χ3v) is 2.41. The fourth-order valence-corrected chi connectivity index (χ4v) is 1.56. The van der Waals surface area contributed by atoms with Gasteiger partial charge in [-0.25, -0.2) is 4.98 Å². The van der Waals surface area contributed by atoms with Gasteiger partial charge in [-0.1, -0.05) is 11.8 Å². The van der Waals surface area contributed by atoms with Crippen LogP contribution in [0.15, 0.2) is 34.3 Å². The Hall–Kier alpha value is -1.56. The Balaban J connectivity index is 1.90. The van der Waals surface area contributed by atoms with Gasteiger partial charge in [0.1, 0.15) is 6.33 Å². The van der Waals surface area contributed by atoms with E-state index in [4.69, 9.17) is 4.42 Å². The summed E-state index contributed by atoms with van der Waals surface area (Å²) >= 11 is 1.29. The molecule has 0 fully saturated rings. The fraction of sp³-hybridized carbons (Fsp3) is 0.125. The first-order valence-electron chi connectivity index (χ1n) is 3.91. The van der Waals surface area contributed by atoms with Crippen LogP contribution in [0.2, 0.25) is 0 Å². The predicted molar refractivity (Wildman–Crippen MR) is 50.1 cm³/mol. The number of furan rings is 1. The van der Waals surface area contributed by atoms with Crippen LogP contribution in [0.3, 0.4) is 0 Å². The number of carbonyl (C=O) groups is 1. The first-order valence-corrected chi connectivity index (χ1v) is 4.89. The lowest BCUT2D eigenvalue weighted by atomic mass is 10.3. The summed E-state index contributed by atoms with van der Waals surface area (Å²) in [7, 11) is 0. The highest BCUT2D eigenvalue weighted by atomic mass is 32.2. The monoisotopic (exact) mass is 209 g/mol. The van der Waals surface area contributed by atoms with Crippen molar-refractivity contribution in [3.05, 3.63) is 30.5 Å². The van der Waals surface area contributed by atoms with Gasteiger partial charge in [-0.2, -0.15) is 5.10 Å². The van der Waals surface area contributed by atoms with E-state index in [-0.39, 0.29) is 5.78 Å². The number of nitrogens with one attached hydrogen (secondary N) is 1. The lowest BCUT2D eigenvalue weighted by molar-refractivity contribution is 0.0992. The minimum absolute atomic E-state index is 0.0589. The van der Waals surface area contributed by atoms with Crippen molar-refractivity contribution in [3.8, 4) is 0 Å². The summed E-state index contributed by atoms with van der Waals surface area (Å²) in [6, 6.07) is 3.33. The summed E-state index contributed by atoms with van der Waals surface area (Å²) in [5.74, 6) is 0.608. The van der Waals surface area contributed by atoms with Crippen molar-refractivity contribution in [2.24, 2.45) is 0 Å². The summed E-state index contributed by atoms with van der Waals surface area (Å²) in [6.07, 6.45) is 2.88. The molecule has 0 amide bonds. The van der Waals surface area contributed by atoms with Crippen LogP contribution in [0.25, 0.3) is 0 Å². The quantitative estimate of drug-likeness (QED) is 0.608. The Bertz CT molecular complexity index is 396. The van der Waals surface area contributed by atoms with Gasteiger partial charge < -0.3 is 4.42 Å². The number of ketones is 1. The molecule has 6 heteroatoms. The van der Waals surface area contributed by atoms with Crippen LogP contribution in [-0.4, -0.2) is 26.7 Å². The molecule has 0 aliphatic heterocycles. The maximum atomic E-state index is 11.4. The molecule has 14 heavy (non-hydrogen) atoms. The van der Waals surface area contributed by atoms with Gasteiger partial charge in [-0.05, 0) is 12.1 Å². The van der Waals surface area contributed by atoms with Crippen molar-refractivity contribution in [1.29, 1.82) is 0 Å². The lowest BCUT2D eigenvalue weighted by Crippen LogP contribution is -2.00. The van der Waals surface area contributed by atoms with E-state index >= 15 is 0 Å². The molecule has 0 aromatic carbocycles. The molecule has 0 atom stereocenters. The molecule has 0 aliphatic carbocycles. The zero-order valence-corrected chi connectivity index (χ0v) is 7.95. The Kier molecular flexibility index (Phi) is 2.64. The van der Waals surface area contributed by atoms with Gasteiger partial charge in [0.05, 0.1) is 12.0 Å². The fourth-order valence-electron chi connectivity index (χ4n) is 0.906. The summed E-state index contributed by atoms with van der Waals surface area (Å²) in [4.78, 5) is 15.3. The SMILES string of the molecule is O=C(CSc1ncn[nH]1)c1ccco1. The molecule has 1 N–H and O–H groups in total. The van der Waals surface area contributed by atoms with E-state index in [0.29, 0.717) is 16.7 Å². The van der Waals surface area contributed by atoms with Gasteiger partial charge in [0.25, 0.3) is 0 Å². The van der Waals surface area contributed by atoms with Crippen LogP contribution < -0.4 is 0 Å². The Morgan fingerprint density at radius 2 is 2.57 bits per heavy atom. The van der Waals surface area contributed by atoms with E-state index in [1.54, 1.807) is 12.1 Å². The summed E-state index contributed by atoms with van der Waals surface area (Å²) in [6.45, 7) is 0. The number of carbonyl (C=O) groups excluding carboxylic acids is 1. The Morgan fingerprint density at radius 3 is 3.21 bits per heavy atom. The molecule has 5 nitrogen and oxygen atoms in total. The van der Waals surface area contributed by atoms with Crippen molar-refractivity contribution in [2.75, 3.05) is 5.75 Å². The number of rotatable bonds is 4. The molecule has 0 bridgehead atoms. The van der Waals surface area contributed by atoms with E-state index in [1.165, 1.54) is 24.4 Å². The second kappa shape index (κ2) is 4.10. The molecule has 2 heterocycles. The third kappa shape index (κ3) is 2.02. The molecule has 0 aliphatic rings. The normalized spacial score (nSPS) is 10.3. The number of H-pyrrole nitrogens is 1. The second-order valence-electron chi connectivity index (χ2n) is 2.48. The number of nitrogens with zero attached hydrogens (tertiary/aromatic N) is 2. The topological polar surface area (TPSA) is 71.8 Å². The maximum Gasteiger partial charge on any atom is 0.208 e. The van der Waals surface area contributed by atoms with E-state index in [9.17, 15) is 4.79 Å². The summed E-state index contributed by atoms with van der Waals surface area (Å²) in [5, 5.41) is 6.96. The zero-order chi connectivity index (χ0) is 9.80. The minimum Gasteiger partial charge on any atom is -0.461 e. The maximum absolute atomic E-state index is 11.4. The van der Waals surface area contributed by atoms with E-state index in [0.717, 1.165) is 0 Å². The average Bonchev–Trinajstić information content (AvgIpc) is 2.87. The largest absolute Gasteiger partial charge is 0.461 e. The van der Waals surface area contributed by atoms with Crippen LogP contribution in [0.4, 0.5) is 0 Å². The number of aromatic amines is 1. The van der Waals surface area contributed by atoms with Crippen molar-refractivity contribution in [2.45, 2.75) is 5.16 Å². The molecule has 2 aromatic heterocycles. The minimum atomic E-state index is -0.0589. The highest BCUT2D eigenvalue weighted by Crippen LogP contribution is 2.13. The van der Waals surface area contributed by atoms with Crippen molar-refractivity contribution in [1.82, 2.24) is 15.2 Å². The predicted octanol–water partition coefficient (Wildman–Crippen LogP) is 1.37. The summed E-state index contributed by atoms with van der Waals surface area (Å²) in [5.41, 5.74) is 0. The highest BCUT2D eigenvalue weighted by molar-refractivity contribution is 7.99. The smallest absolute Gasteiger partial charge is 0.208 e. The van der Waals surface area contributed by atoms with Gasteiger partial charge >= 0.3 is 0 Å². The van der Waals surface area contributed by atoms with Gasteiger partial charge in [0.15, 0.2) is 10.9 Å². The van der Waals surface area contributed by atoms with Crippen molar-refractivity contribution < 1.29 is 9.21 Å². The molecule has 0 radical (unpaired) electrons. The molecule has 2 rings (SSSR count). The average molecular weight is 209 g/mol. The van der Waals surface area contributed by atoms with Gasteiger partial charge in [-0.15, -0.1) is 0 Å². The number of hydrogen-bond acceptors (Lipinski definition) is 5. The first kappa shape index (κ1) is 9.01. The molecule has 0 spiro atoms. The van der Waals surface area contributed by atoms with Gasteiger partial charge in [0.2, 0.25) is 5.78 Å². The van der Waals surface area contributed by atoms with E-state index in [1.807, 2.05) is 0 Å². The van der Waals surface area contributed by atoms with Crippen LogP contribution in [0.5, 0.6) is 0 Å². The van der Waals surface area contributed by atoms with Crippen molar-refractivity contribution >= 4 is 17.5 Å². The van der Waals surface area contributed by atoms with E-state index < -0.39 is 0 Å². The number of thioether (sulfide) groups is 1. The summed E-state index contributed by atoms with van der Waals surface area (Å²) < 4.78 is 4.96. The van der Waals surface area contributed by atoms with Crippen LogP contribution >= 0.6 is 11.8 Å². The van der Waals surface area contributed by atoms with E-state index in [2.05, 4.69) is 15.2 Å². The van der Waals surface area contributed by atoms with Gasteiger partial charge in [0, 0.05) is 0 Å². The van der Waals surface area contributed by atoms with Crippen LogP contribution in [0.1, 0.15) is 10.6 Å². The van der Waals surface area contributed by atoms with Crippen LogP contribution in [-0.2, 0) is 0 Å². The number of aromatic nitrogens is 3. The standard InChI is InChI=1S/C8H7N3O2S/c12-6(7-2-1-3-13-7)4-14-8-9-5-10-11-8/h1-3,5H,4H2,(H,9,10,11). The Labute approximate surface area is 83.9 Å². The lowest BCUT2D eigenvalue weighted by Gasteiger charge is -1.93. The highest BCUT2D eigenvalue weighted by Gasteiger charge is 2.09. The zero-order valence-electron chi connectivity index (χ0n) is 7.14. The third-order valence-electron chi connectivity index (χ3n) is 1.53. The Morgan fingerprint density at radius 1 is 1.64 bits per heavy atom. The molecular weight excluding hydrogens is 202 g/mol. The number of Topliss-reactive ketones (excluding diaryl/α,β-unsaturated/α-hetero) is 1. The van der Waals surface area contributed by atoms with Crippen LogP contribution in [0, 0.1) is 0 Å². The van der Waals surface area contributed by atoms with Crippen molar-refractivity contribution in [3.63, 3.8) is 0 Å². The van der Waals surface area contributed by atoms with Gasteiger partial charge in [-0.3, -0.25) is 9.89 Å².